The van der Waals surface area contributed by atoms with E-state index in [1.165, 1.54) is 29.7 Å². The van der Waals surface area contributed by atoms with Gasteiger partial charge in [-0.05, 0) is 23.8 Å². The van der Waals surface area contributed by atoms with E-state index in [2.05, 4.69) is 0 Å². The van der Waals surface area contributed by atoms with E-state index in [4.69, 9.17) is 5.11 Å². The van der Waals surface area contributed by atoms with Gasteiger partial charge in [-0.1, -0.05) is 11.3 Å². The molecular formula is C12H7NO5S2. The first-order valence-corrected chi connectivity index (χ1v) is 7.00. The predicted octanol–water partition coefficient (Wildman–Crippen LogP) is 3.31. The van der Waals surface area contributed by atoms with Crippen LogP contribution in [0.15, 0.2) is 29.0 Å². The summed E-state index contributed by atoms with van der Waals surface area (Å²) in [6, 6.07) is 2.67. The van der Waals surface area contributed by atoms with Crippen molar-refractivity contribution in [1.29, 1.82) is 0 Å². The van der Waals surface area contributed by atoms with Crippen LogP contribution in [0.1, 0.15) is 25.6 Å². The highest BCUT2D eigenvalue weighted by Crippen LogP contribution is 2.23. The molecule has 2 heterocycles. The molecule has 0 aliphatic heterocycles. The van der Waals surface area contributed by atoms with Crippen LogP contribution in [0.25, 0.3) is 6.08 Å². The molecule has 8 heteroatoms. The molecule has 0 saturated heterocycles. The minimum absolute atomic E-state index is 0.000737. The van der Waals surface area contributed by atoms with Gasteiger partial charge in [0.25, 0.3) is 0 Å². The van der Waals surface area contributed by atoms with Gasteiger partial charge in [0, 0.05) is 22.4 Å². The number of thiophene rings is 2. The number of nitro groups is 1. The first kappa shape index (κ1) is 14.1. The van der Waals surface area contributed by atoms with Crippen molar-refractivity contribution < 1.29 is 19.6 Å². The standard InChI is InChI=1S/C12H7NO5S2/c14-9(8-4-10(12(15)16)19-6-8)2-1-7-3-11(13(17)18)20-5-7/h1-6H,(H,15,16)/b2-1+. The second kappa shape index (κ2) is 5.76. The van der Waals surface area contributed by atoms with Crippen molar-refractivity contribution in [2.24, 2.45) is 0 Å². The summed E-state index contributed by atoms with van der Waals surface area (Å²) in [5.74, 6) is -1.42. The zero-order valence-electron chi connectivity index (χ0n) is 9.81. The number of carboxylic acid groups (broad SMARTS) is 1. The van der Waals surface area contributed by atoms with Crippen molar-refractivity contribution in [2.45, 2.75) is 0 Å². The summed E-state index contributed by atoms with van der Waals surface area (Å²) in [5.41, 5.74) is 0.845. The van der Waals surface area contributed by atoms with E-state index in [1.54, 1.807) is 5.38 Å². The Bertz CT molecular complexity index is 713. The smallest absolute Gasteiger partial charge is 0.345 e. The number of carboxylic acids is 1. The average Bonchev–Trinajstić information content (AvgIpc) is 3.05. The van der Waals surface area contributed by atoms with Crippen LogP contribution in [0.4, 0.5) is 5.00 Å². The van der Waals surface area contributed by atoms with Crippen LogP contribution in [-0.4, -0.2) is 21.8 Å². The SMILES string of the molecule is O=C(/C=C/c1csc([N+](=O)[O-])c1)c1csc(C(=O)O)c1. The number of carbonyl (C=O) groups excluding carboxylic acids is 1. The van der Waals surface area contributed by atoms with E-state index >= 15 is 0 Å². The first-order valence-electron chi connectivity index (χ1n) is 5.24. The lowest BCUT2D eigenvalue weighted by atomic mass is 10.2. The van der Waals surface area contributed by atoms with E-state index in [1.807, 2.05) is 0 Å². The Morgan fingerprint density at radius 1 is 1.25 bits per heavy atom. The minimum Gasteiger partial charge on any atom is -0.477 e. The summed E-state index contributed by atoms with van der Waals surface area (Å²) >= 11 is 1.95. The number of hydrogen-bond donors (Lipinski definition) is 1. The first-order chi connectivity index (χ1) is 9.47. The molecule has 0 bridgehead atoms. The van der Waals surface area contributed by atoms with Crippen LogP contribution in [-0.2, 0) is 0 Å². The maximum atomic E-state index is 11.8. The molecule has 2 aromatic rings. The van der Waals surface area contributed by atoms with E-state index in [0.717, 1.165) is 22.7 Å². The Kier molecular flexibility index (Phi) is 4.06. The molecule has 0 radical (unpaired) electrons. The second-order valence-electron chi connectivity index (χ2n) is 3.68. The molecule has 0 fully saturated rings. The molecule has 1 N–H and O–H groups in total. The molecule has 2 rings (SSSR count). The number of ketones is 1. The van der Waals surface area contributed by atoms with Crippen LogP contribution < -0.4 is 0 Å². The Hall–Kier alpha value is -2.32. The van der Waals surface area contributed by atoms with Crippen LogP contribution in [0, 0.1) is 10.1 Å². The van der Waals surface area contributed by atoms with E-state index in [0.29, 0.717) is 5.56 Å². The van der Waals surface area contributed by atoms with Gasteiger partial charge in [0.1, 0.15) is 4.88 Å². The van der Waals surface area contributed by atoms with Crippen molar-refractivity contribution in [1.82, 2.24) is 0 Å². The average molecular weight is 309 g/mol. The fraction of sp³-hybridized carbons (Fsp3) is 0. The lowest BCUT2D eigenvalue weighted by molar-refractivity contribution is -0.380. The van der Waals surface area contributed by atoms with E-state index in [-0.39, 0.29) is 21.2 Å². The van der Waals surface area contributed by atoms with E-state index < -0.39 is 10.9 Å². The normalized spacial score (nSPS) is 10.8. The van der Waals surface area contributed by atoms with Gasteiger partial charge in [-0.25, -0.2) is 4.79 Å². The van der Waals surface area contributed by atoms with Crippen molar-refractivity contribution in [3.05, 3.63) is 55.1 Å². The maximum Gasteiger partial charge on any atom is 0.345 e. The van der Waals surface area contributed by atoms with Crippen LogP contribution >= 0.6 is 22.7 Å². The highest BCUT2D eigenvalue weighted by molar-refractivity contribution is 7.13. The minimum atomic E-state index is -1.08. The molecule has 0 aliphatic rings. The Labute approximate surface area is 120 Å². The second-order valence-corrected chi connectivity index (χ2v) is 5.48. The van der Waals surface area contributed by atoms with E-state index in [9.17, 15) is 19.7 Å². The van der Waals surface area contributed by atoms with Gasteiger partial charge in [-0.3, -0.25) is 14.9 Å². The topological polar surface area (TPSA) is 97.5 Å². The fourth-order valence-corrected chi connectivity index (χ4v) is 2.80. The molecule has 20 heavy (non-hydrogen) atoms. The maximum absolute atomic E-state index is 11.8. The number of carbonyl (C=O) groups is 2. The van der Waals surface area contributed by atoms with Gasteiger partial charge < -0.3 is 5.11 Å². The van der Waals surface area contributed by atoms with Gasteiger partial charge in [0.05, 0.1) is 4.92 Å². The molecule has 0 saturated carbocycles. The van der Waals surface area contributed by atoms with Gasteiger partial charge in [-0.2, -0.15) is 0 Å². The van der Waals surface area contributed by atoms with Gasteiger partial charge >= 0.3 is 11.0 Å². The van der Waals surface area contributed by atoms with Crippen molar-refractivity contribution in [3.8, 4) is 0 Å². The van der Waals surface area contributed by atoms with Crippen molar-refractivity contribution >= 4 is 45.5 Å². The van der Waals surface area contributed by atoms with Crippen LogP contribution in [0.5, 0.6) is 0 Å². The molecule has 0 aromatic carbocycles. The zero-order valence-corrected chi connectivity index (χ0v) is 11.4. The highest BCUT2D eigenvalue weighted by atomic mass is 32.1. The number of nitrogens with zero attached hydrogens (tertiary/aromatic N) is 1. The summed E-state index contributed by atoms with van der Waals surface area (Å²) in [6.45, 7) is 0. The van der Waals surface area contributed by atoms with Crippen LogP contribution in [0.2, 0.25) is 0 Å². The van der Waals surface area contributed by atoms with Crippen molar-refractivity contribution in [3.63, 3.8) is 0 Å². The summed E-state index contributed by atoms with van der Waals surface area (Å²) in [7, 11) is 0. The Balaban J connectivity index is 2.11. The Morgan fingerprint density at radius 2 is 2.00 bits per heavy atom. The third kappa shape index (κ3) is 3.16. The molecule has 0 amide bonds. The van der Waals surface area contributed by atoms with Gasteiger partial charge in [0.15, 0.2) is 5.78 Å². The Morgan fingerprint density at radius 3 is 2.55 bits per heavy atom. The van der Waals surface area contributed by atoms with Gasteiger partial charge in [0.2, 0.25) is 0 Å². The summed E-state index contributed by atoms with van der Waals surface area (Å²) in [6.07, 6.45) is 2.73. The quantitative estimate of drug-likeness (QED) is 0.395. The monoisotopic (exact) mass is 309 g/mol. The third-order valence-corrected chi connectivity index (χ3v) is 4.12. The summed E-state index contributed by atoms with van der Waals surface area (Å²) in [5, 5.41) is 22.3. The molecule has 0 atom stereocenters. The molecule has 6 nitrogen and oxygen atoms in total. The number of allylic oxidation sites excluding steroid dienone is 1. The van der Waals surface area contributed by atoms with Crippen LogP contribution in [0.3, 0.4) is 0 Å². The summed E-state index contributed by atoms with van der Waals surface area (Å²) in [4.78, 5) is 32.6. The lowest BCUT2D eigenvalue weighted by Gasteiger charge is -1.88. The van der Waals surface area contributed by atoms with Gasteiger partial charge in [-0.15, -0.1) is 11.3 Å². The lowest BCUT2D eigenvalue weighted by Crippen LogP contribution is -1.93. The molecule has 0 aliphatic carbocycles. The third-order valence-electron chi connectivity index (χ3n) is 2.31. The largest absolute Gasteiger partial charge is 0.477 e. The fourth-order valence-electron chi connectivity index (χ4n) is 1.37. The molecule has 2 aromatic heterocycles. The molecular weight excluding hydrogens is 302 g/mol. The molecule has 102 valence electrons. The predicted molar refractivity (Wildman–Crippen MR) is 75.6 cm³/mol. The highest BCUT2D eigenvalue weighted by Gasteiger charge is 2.11. The number of hydrogen-bond acceptors (Lipinski definition) is 6. The molecule has 0 unspecified atom stereocenters. The summed E-state index contributed by atoms with van der Waals surface area (Å²) < 4.78 is 0. The molecule has 0 spiro atoms. The zero-order chi connectivity index (χ0) is 14.7. The van der Waals surface area contributed by atoms with Crippen molar-refractivity contribution in [2.75, 3.05) is 0 Å². The number of aromatic carboxylic acids is 1. The number of rotatable bonds is 5.